The molecule has 2 N–H and O–H groups in total. The lowest BCUT2D eigenvalue weighted by Crippen LogP contribution is -2.49. The minimum Gasteiger partial charge on any atom is -0.377 e. The Kier molecular flexibility index (Phi) is 15.9. The van der Waals surface area contributed by atoms with Gasteiger partial charge in [-0.3, -0.25) is 9.59 Å². The Morgan fingerprint density at radius 2 is 0.812 bits per heavy atom. The van der Waals surface area contributed by atoms with Crippen molar-refractivity contribution in [2.24, 2.45) is 0 Å². The summed E-state index contributed by atoms with van der Waals surface area (Å²) in [7, 11) is -7.81. The first kappa shape index (κ1) is 39.5. The van der Waals surface area contributed by atoms with E-state index in [2.05, 4.69) is 9.44 Å². The average molecular weight is 713 g/mol. The van der Waals surface area contributed by atoms with Gasteiger partial charge in [0.05, 0.1) is 74.7 Å². The molecule has 2 atom stereocenters. The van der Waals surface area contributed by atoms with Crippen molar-refractivity contribution in [3.05, 3.63) is 59.7 Å². The summed E-state index contributed by atoms with van der Waals surface area (Å²) in [6.45, 7) is 9.11. The molecule has 48 heavy (non-hydrogen) atoms. The first-order valence-electron chi connectivity index (χ1n) is 15.9. The van der Waals surface area contributed by atoms with Crippen LogP contribution in [0, 0.1) is 13.8 Å². The van der Waals surface area contributed by atoms with Crippen molar-refractivity contribution in [2.45, 2.75) is 49.6 Å². The second kappa shape index (κ2) is 19.3. The zero-order valence-electron chi connectivity index (χ0n) is 28.1. The Bertz CT molecular complexity index is 1390. The summed E-state index contributed by atoms with van der Waals surface area (Å²) in [4.78, 5) is 29.6. The van der Waals surface area contributed by atoms with Crippen molar-refractivity contribution in [1.29, 1.82) is 0 Å². The van der Waals surface area contributed by atoms with E-state index >= 15 is 0 Å². The van der Waals surface area contributed by atoms with Crippen LogP contribution in [0.3, 0.4) is 0 Å². The third-order valence-corrected chi connectivity index (χ3v) is 10.6. The van der Waals surface area contributed by atoms with Crippen LogP contribution in [0.2, 0.25) is 0 Å². The number of sulfonamides is 2. The average Bonchev–Trinajstić information content (AvgIpc) is 3.04. The van der Waals surface area contributed by atoms with Crippen molar-refractivity contribution in [1.82, 2.24) is 19.2 Å². The number of carbonyl (C=O) groups is 2. The number of ether oxygens (including phenoxy) is 4. The molecular formula is C32H48N4O10S2. The van der Waals surface area contributed by atoms with Gasteiger partial charge < -0.3 is 28.7 Å². The van der Waals surface area contributed by atoms with Crippen LogP contribution in [0.15, 0.2) is 58.3 Å². The van der Waals surface area contributed by atoms with Crippen molar-refractivity contribution in [3.63, 3.8) is 0 Å². The number of aryl methyl sites for hydroxylation is 2. The van der Waals surface area contributed by atoms with Gasteiger partial charge in [-0.1, -0.05) is 35.4 Å². The standard InChI is InChI=1S/C32H48N4O10S2/c1-25-5-9-29(10-6-25)47(39,40)33-27(3)31(37)35-13-17-43-21-23-45-19-15-36(16-20-46-24-22-44-18-14-35)32(38)28(4)34-48(41,42)30-11-7-26(2)8-12-30/h5-12,27-28,33-34H,13-24H2,1-4H3/t27-,28-/m0/s1. The van der Waals surface area contributed by atoms with E-state index in [0.29, 0.717) is 0 Å². The quantitative estimate of drug-likeness (QED) is 0.404. The van der Waals surface area contributed by atoms with Crippen molar-refractivity contribution < 1.29 is 45.4 Å². The fraction of sp³-hybridized carbons (Fsp3) is 0.562. The van der Waals surface area contributed by atoms with Gasteiger partial charge in [0.25, 0.3) is 0 Å². The molecule has 0 unspecified atom stereocenters. The zero-order chi connectivity index (χ0) is 35.2. The summed E-state index contributed by atoms with van der Waals surface area (Å²) in [5, 5.41) is 0. The molecular weight excluding hydrogens is 665 g/mol. The molecule has 0 aromatic heterocycles. The first-order chi connectivity index (χ1) is 22.8. The van der Waals surface area contributed by atoms with Crippen LogP contribution in [-0.4, -0.2) is 130 Å². The number of amides is 2. The summed E-state index contributed by atoms with van der Waals surface area (Å²) >= 11 is 0. The molecule has 0 bridgehead atoms. The molecule has 14 nitrogen and oxygen atoms in total. The largest absolute Gasteiger partial charge is 0.377 e. The molecule has 2 amide bonds. The van der Waals surface area contributed by atoms with Gasteiger partial charge in [0.1, 0.15) is 0 Å². The molecule has 1 heterocycles. The second-order valence-electron chi connectivity index (χ2n) is 11.4. The molecule has 0 aliphatic carbocycles. The third kappa shape index (κ3) is 12.8. The molecule has 1 aliphatic rings. The van der Waals surface area contributed by atoms with Crippen LogP contribution in [0.4, 0.5) is 0 Å². The maximum Gasteiger partial charge on any atom is 0.241 e. The molecule has 3 rings (SSSR count). The van der Waals surface area contributed by atoms with Gasteiger partial charge >= 0.3 is 0 Å². The number of hydrogen-bond acceptors (Lipinski definition) is 10. The number of nitrogens with zero attached hydrogens (tertiary/aromatic N) is 2. The van der Waals surface area contributed by atoms with Gasteiger partial charge in [-0.2, -0.15) is 9.44 Å². The Balaban J connectivity index is 1.52. The summed E-state index contributed by atoms with van der Waals surface area (Å²) in [6.07, 6.45) is 0. The molecule has 268 valence electrons. The van der Waals surface area contributed by atoms with Crippen LogP contribution >= 0.6 is 0 Å². The van der Waals surface area contributed by atoms with Crippen LogP contribution in [-0.2, 0) is 48.6 Å². The minimum atomic E-state index is -3.91. The monoisotopic (exact) mass is 712 g/mol. The number of benzene rings is 2. The molecule has 16 heteroatoms. The maximum atomic E-state index is 13.2. The van der Waals surface area contributed by atoms with Crippen LogP contribution in [0.1, 0.15) is 25.0 Å². The number of hydrogen-bond donors (Lipinski definition) is 2. The SMILES string of the molecule is Cc1ccc(S(=O)(=O)N[C@@H](C)C(=O)N2CCOCCOCCN(C(=O)[C@H](C)NS(=O)(=O)c3ccc(C)cc3)CCOCCOCC2)cc1. The summed E-state index contributed by atoms with van der Waals surface area (Å²) in [5.74, 6) is -0.833. The normalized spacial score (nSPS) is 18.3. The highest BCUT2D eigenvalue weighted by Gasteiger charge is 2.27. The summed E-state index contributed by atoms with van der Waals surface area (Å²) in [6, 6.07) is 10.7. The minimum absolute atomic E-state index is 0.0730. The third-order valence-electron chi connectivity index (χ3n) is 7.46. The van der Waals surface area contributed by atoms with Gasteiger partial charge in [0.15, 0.2) is 0 Å². The molecule has 1 saturated heterocycles. The Morgan fingerprint density at radius 3 is 1.08 bits per heavy atom. The lowest BCUT2D eigenvalue weighted by Gasteiger charge is -2.27. The molecule has 1 aliphatic heterocycles. The van der Waals surface area contributed by atoms with Crippen molar-refractivity contribution in [3.8, 4) is 0 Å². The van der Waals surface area contributed by atoms with E-state index in [1.165, 1.54) is 47.9 Å². The molecule has 1 fully saturated rings. The highest BCUT2D eigenvalue weighted by Crippen LogP contribution is 2.13. The molecule has 2 aromatic rings. The fourth-order valence-corrected chi connectivity index (χ4v) is 7.09. The molecule has 0 saturated carbocycles. The number of nitrogens with one attached hydrogen (secondary N) is 2. The Hall–Kier alpha value is -2.96. The Labute approximate surface area is 284 Å². The highest BCUT2D eigenvalue weighted by molar-refractivity contribution is 7.89. The Morgan fingerprint density at radius 1 is 0.542 bits per heavy atom. The van der Waals surface area contributed by atoms with Crippen LogP contribution in [0.5, 0.6) is 0 Å². The van der Waals surface area contributed by atoms with Gasteiger partial charge in [0.2, 0.25) is 31.9 Å². The van der Waals surface area contributed by atoms with Gasteiger partial charge in [-0.25, -0.2) is 16.8 Å². The van der Waals surface area contributed by atoms with E-state index in [1.54, 1.807) is 24.3 Å². The summed E-state index contributed by atoms with van der Waals surface area (Å²) < 4.78 is 78.9. The maximum absolute atomic E-state index is 13.2. The lowest BCUT2D eigenvalue weighted by molar-refractivity contribution is -0.135. The van der Waals surface area contributed by atoms with E-state index in [9.17, 15) is 26.4 Å². The van der Waals surface area contributed by atoms with E-state index in [1.807, 2.05) is 13.8 Å². The predicted molar refractivity (Wildman–Crippen MR) is 178 cm³/mol. The topological polar surface area (TPSA) is 170 Å². The van der Waals surface area contributed by atoms with Gasteiger partial charge in [-0.05, 0) is 52.0 Å². The van der Waals surface area contributed by atoms with Gasteiger partial charge in [-0.15, -0.1) is 0 Å². The van der Waals surface area contributed by atoms with E-state index in [0.717, 1.165) is 11.1 Å². The molecule has 0 radical (unpaired) electrons. The lowest BCUT2D eigenvalue weighted by atomic mass is 10.2. The van der Waals surface area contributed by atoms with E-state index in [4.69, 9.17) is 18.9 Å². The summed E-state index contributed by atoms with van der Waals surface area (Å²) in [5.41, 5.74) is 1.84. The zero-order valence-corrected chi connectivity index (χ0v) is 29.7. The van der Waals surface area contributed by atoms with E-state index in [-0.39, 0.29) is 88.8 Å². The highest BCUT2D eigenvalue weighted by atomic mass is 32.2. The van der Waals surface area contributed by atoms with E-state index < -0.39 is 43.9 Å². The van der Waals surface area contributed by atoms with Crippen LogP contribution in [0.25, 0.3) is 0 Å². The van der Waals surface area contributed by atoms with Crippen molar-refractivity contribution in [2.75, 3.05) is 79.0 Å². The molecule has 2 aromatic carbocycles. The predicted octanol–water partition coefficient (Wildman–Crippen LogP) is 1.07. The molecule has 0 spiro atoms. The second-order valence-corrected chi connectivity index (χ2v) is 14.8. The first-order valence-corrected chi connectivity index (χ1v) is 18.8. The van der Waals surface area contributed by atoms with Crippen LogP contribution < -0.4 is 9.44 Å². The van der Waals surface area contributed by atoms with Gasteiger partial charge in [0, 0.05) is 26.2 Å². The van der Waals surface area contributed by atoms with Crippen molar-refractivity contribution >= 4 is 31.9 Å². The number of rotatable bonds is 8. The smallest absolute Gasteiger partial charge is 0.241 e. The fourth-order valence-electron chi connectivity index (χ4n) is 4.69. The number of carbonyl (C=O) groups excluding carboxylic acids is 2.